The molecule has 0 bridgehead atoms. The summed E-state index contributed by atoms with van der Waals surface area (Å²) in [6.07, 6.45) is 3.79. The van der Waals surface area contributed by atoms with Crippen LogP contribution in [0.25, 0.3) is 0 Å². The molecule has 0 spiro atoms. The number of aromatic nitrogens is 2. The fraction of sp³-hybridized carbons (Fsp3) is 0.357. The van der Waals surface area contributed by atoms with Crippen molar-refractivity contribution in [2.24, 2.45) is 0 Å². The molecule has 1 aromatic heterocycles. The van der Waals surface area contributed by atoms with Gasteiger partial charge in [0.2, 0.25) is 0 Å². The molecule has 6 nitrogen and oxygen atoms in total. The van der Waals surface area contributed by atoms with Crippen molar-refractivity contribution in [3.05, 3.63) is 51.3 Å². The Bertz CT molecular complexity index is 607. The maximum absolute atomic E-state index is 10.7. The van der Waals surface area contributed by atoms with Gasteiger partial charge in [-0.3, -0.25) is 15.2 Å². The predicted molar refractivity (Wildman–Crippen MR) is 78.0 cm³/mol. The van der Waals surface area contributed by atoms with Crippen LogP contribution in [0.2, 0.25) is 0 Å². The number of nitrogens with zero attached hydrogens (tertiary/aromatic N) is 2. The molecule has 2 rings (SSSR count). The highest BCUT2D eigenvalue weighted by Crippen LogP contribution is 2.21. The zero-order valence-corrected chi connectivity index (χ0v) is 11.6. The van der Waals surface area contributed by atoms with Gasteiger partial charge in [-0.15, -0.1) is 0 Å². The number of hydrogen-bond acceptors (Lipinski definition) is 4. The third kappa shape index (κ3) is 3.34. The third-order valence-corrected chi connectivity index (χ3v) is 3.28. The Hall–Kier alpha value is -2.37. The van der Waals surface area contributed by atoms with Crippen molar-refractivity contribution in [3.8, 4) is 0 Å². The van der Waals surface area contributed by atoms with Crippen molar-refractivity contribution >= 4 is 11.4 Å². The summed E-state index contributed by atoms with van der Waals surface area (Å²) in [5.74, 6) is 0. The van der Waals surface area contributed by atoms with E-state index in [4.69, 9.17) is 0 Å². The minimum atomic E-state index is -0.360. The second-order valence-corrected chi connectivity index (χ2v) is 4.81. The zero-order chi connectivity index (χ0) is 14.5. The molecule has 106 valence electrons. The molecule has 0 aliphatic carbocycles. The van der Waals surface area contributed by atoms with Gasteiger partial charge in [0.25, 0.3) is 5.69 Å². The van der Waals surface area contributed by atoms with Crippen molar-refractivity contribution in [1.82, 2.24) is 10.2 Å². The van der Waals surface area contributed by atoms with Crippen LogP contribution < -0.4 is 5.32 Å². The van der Waals surface area contributed by atoms with Crippen LogP contribution in [0, 0.1) is 24.0 Å². The van der Waals surface area contributed by atoms with Crippen molar-refractivity contribution < 1.29 is 4.92 Å². The zero-order valence-electron chi connectivity index (χ0n) is 11.6. The first-order valence-electron chi connectivity index (χ1n) is 6.55. The highest BCUT2D eigenvalue weighted by Gasteiger charge is 2.09. The molecule has 2 aromatic rings. The Morgan fingerprint density at radius 1 is 1.40 bits per heavy atom. The van der Waals surface area contributed by atoms with Gasteiger partial charge in [-0.05, 0) is 44.4 Å². The van der Waals surface area contributed by atoms with Gasteiger partial charge >= 0.3 is 0 Å². The van der Waals surface area contributed by atoms with Gasteiger partial charge in [0.05, 0.1) is 11.1 Å². The van der Waals surface area contributed by atoms with E-state index in [1.165, 1.54) is 11.6 Å². The highest BCUT2D eigenvalue weighted by molar-refractivity contribution is 5.53. The van der Waals surface area contributed by atoms with E-state index in [1.54, 1.807) is 19.1 Å². The van der Waals surface area contributed by atoms with E-state index in [0.717, 1.165) is 30.8 Å². The Balaban J connectivity index is 1.84. The van der Waals surface area contributed by atoms with E-state index in [9.17, 15) is 10.1 Å². The van der Waals surface area contributed by atoms with E-state index in [2.05, 4.69) is 15.5 Å². The lowest BCUT2D eigenvalue weighted by atomic mass is 10.1. The summed E-state index contributed by atoms with van der Waals surface area (Å²) in [4.78, 5) is 10.4. The summed E-state index contributed by atoms with van der Waals surface area (Å²) < 4.78 is 0. The van der Waals surface area contributed by atoms with Gasteiger partial charge in [0.15, 0.2) is 0 Å². The Kier molecular flexibility index (Phi) is 4.34. The monoisotopic (exact) mass is 274 g/mol. The van der Waals surface area contributed by atoms with Crippen molar-refractivity contribution in [2.45, 2.75) is 26.7 Å². The van der Waals surface area contributed by atoms with E-state index >= 15 is 0 Å². The maximum atomic E-state index is 10.7. The molecular formula is C14H18N4O2. The summed E-state index contributed by atoms with van der Waals surface area (Å²) in [5, 5.41) is 20.9. The van der Waals surface area contributed by atoms with Crippen LogP contribution in [-0.4, -0.2) is 21.7 Å². The average Bonchev–Trinajstić information content (AvgIpc) is 2.80. The van der Waals surface area contributed by atoms with Crippen LogP contribution in [0.5, 0.6) is 0 Å². The van der Waals surface area contributed by atoms with E-state index in [-0.39, 0.29) is 10.6 Å². The fourth-order valence-electron chi connectivity index (χ4n) is 2.11. The summed E-state index contributed by atoms with van der Waals surface area (Å²) in [6.45, 7) is 4.58. The molecule has 0 atom stereocenters. The lowest BCUT2D eigenvalue weighted by Gasteiger charge is -2.07. The number of benzene rings is 1. The van der Waals surface area contributed by atoms with Gasteiger partial charge in [-0.1, -0.05) is 0 Å². The van der Waals surface area contributed by atoms with Gasteiger partial charge in [-0.25, -0.2) is 0 Å². The lowest BCUT2D eigenvalue weighted by Crippen LogP contribution is -2.04. The number of H-pyrrole nitrogens is 1. The maximum Gasteiger partial charge on any atom is 0.272 e. The Morgan fingerprint density at radius 3 is 2.80 bits per heavy atom. The topological polar surface area (TPSA) is 83.8 Å². The number of hydrogen-bond donors (Lipinski definition) is 2. The first-order chi connectivity index (χ1) is 9.58. The van der Waals surface area contributed by atoms with Crippen LogP contribution in [0.3, 0.4) is 0 Å². The van der Waals surface area contributed by atoms with Gasteiger partial charge < -0.3 is 5.32 Å². The fourth-order valence-corrected chi connectivity index (χ4v) is 2.11. The number of anilines is 1. The number of rotatable bonds is 6. The first-order valence-corrected chi connectivity index (χ1v) is 6.55. The molecule has 0 fully saturated rings. The van der Waals surface area contributed by atoms with E-state index in [1.807, 2.05) is 13.1 Å². The largest absolute Gasteiger partial charge is 0.385 e. The molecule has 1 aromatic carbocycles. The third-order valence-electron chi connectivity index (χ3n) is 3.28. The lowest BCUT2D eigenvalue weighted by molar-refractivity contribution is -0.385. The molecule has 0 radical (unpaired) electrons. The number of nitrogens with one attached hydrogen (secondary N) is 2. The summed E-state index contributed by atoms with van der Waals surface area (Å²) in [5.41, 5.74) is 4.08. The second kappa shape index (κ2) is 6.18. The molecular weight excluding hydrogens is 256 g/mol. The minimum absolute atomic E-state index is 0.157. The molecule has 6 heteroatoms. The summed E-state index contributed by atoms with van der Waals surface area (Å²) >= 11 is 0. The minimum Gasteiger partial charge on any atom is -0.385 e. The van der Waals surface area contributed by atoms with Crippen LogP contribution in [0.1, 0.15) is 23.2 Å². The number of aromatic amines is 1. The molecule has 2 N–H and O–H groups in total. The molecule has 1 heterocycles. The van der Waals surface area contributed by atoms with Gasteiger partial charge in [0, 0.05) is 29.6 Å². The molecule has 0 unspecified atom stereocenters. The van der Waals surface area contributed by atoms with Crippen LogP contribution in [0.15, 0.2) is 24.4 Å². The molecule has 20 heavy (non-hydrogen) atoms. The predicted octanol–water partition coefficient (Wildman–Crippen LogP) is 2.98. The number of aryl methyl sites for hydroxylation is 3. The quantitative estimate of drug-likeness (QED) is 0.482. The average molecular weight is 274 g/mol. The van der Waals surface area contributed by atoms with E-state index < -0.39 is 0 Å². The SMILES string of the molecule is Cc1cc(NCCCc2cn[nH]c2C)ccc1[N+](=O)[O-]. The van der Waals surface area contributed by atoms with Crippen LogP contribution in [-0.2, 0) is 6.42 Å². The van der Waals surface area contributed by atoms with Crippen molar-refractivity contribution in [3.63, 3.8) is 0 Å². The van der Waals surface area contributed by atoms with Gasteiger partial charge in [0.1, 0.15) is 0 Å². The first kappa shape index (κ1) is 14.0. The van der Waals surface area contributed by atoms with Crippen LogP contribution in [0.4, 0.5) is 11.4 Å². The summed E-state index contributed by atoms with van der Waals surface area (Å²) in [7, 11) is 0. The highest BCUT2D eigenvalue weighted by atomic mass is 16.6. The van der Waals surface area contributed by atoms with E-state index in [0.29, 0.717) is 5.56 Å². The van der Waals surface area contributed by atoms with Crippen molar-refractivity contribution in [2.75, 3.05) is 11.9 Å². The molecule has 0 amide bonds. The van der Waals surface area contributed by atoms with Crippen molar-refractivity contribution in [1.29, 1.82) is 0 Å². The Labute approximate surface area is 117 Å². The molecule has 0 saturated carbocycles. The number of nitro groups is 1. The molecule has 0 aliphatic rings. The summed E-state index contributed by atoms with van der Waals surface area (Å²) in [6, 6.07) is 5.09. The number of nitro benzene ring substituents is 1. The smallest absolute Gasteiger partial charge is 0.272 e. The Morgan fingerprint density at radius 2 is 2.20 bits per heavy atom. The second-order valence-electron chi connectivity index (χ2n) is 4.81. The molecule has 0 saturated heterocycles. The standard InChI is InChI=1S/C14H18N4O2/c1-10-8-13(5-6-14(10)18(19)20)15-7-3-4-12-9-16-17-11(12)2/h5-6,8-9,15H,3-4,7H2,1-2H3,(H,16,17). The van der Waals surface area contributed by atoms with Crippen LogP contribution >= 0.6 is 0 Å². The molecule has 0 aliphatic heterocycles. The normalized spacial score (nSPS) is 10.5. The van der Waals surface area contributed by atoms with Gasteiger partial charge in [-0.2, -0.15) is 5.10 Å².